The number of fused-ring (bicyclic) bond motifs is 5. The zero-order valence-electron chi connectivity index (χ0n) is 26.4. The third-order valence-electron chi connectivity index (χ3n) is 9.97. The van der Waals surface area contributed by atoms with Crippen LogP contribution in [-0.2, 0) is 22.7 Å². The fourth-order valence-corrected chi connectivity index (χ4v) is 8.88. The molecule has 47 heavy (non-hydrogen) atoms. The van der Waals surface area contributed by atoms with Crippen molar-refractivity contribution in [2.75, 3.05) is 49.3 Å². The summed E-state index contributed by atoms with van der Waals surface area (Å²) in [6.07, 6.45) is 7.37. The van der Waals surface area contributed by atoms with Crippen LogP contribution in [0.25, 0.3) is 21.5 Å². The monoisotopic (exact) mass is 677 g/mol. The smallest absolute Gasteiger partial charge is 0.345 e. The Labute approximate surface area is 284 Å². The first kappa shape index (κ1) is 31.8. The molecule has 3 fully saturated rings. The standard InChI is InChI=1S/C36H39N3O6S.ClH/c40-32-7-4-12-38(32)25-8-11-28(37-13-16-43-17-14-37)24(19-25)22-45-26-9-10-27-30(20-26)44-18-15-39-29-21-31(36(41)42)46-35(29)33(34(27)39)23-5-2-1-3-6-23;/h8-11,19-21,23H,1-7,12-18,22H2,(H,41,42);1H. The van der Waals surface area contributed by atoms with Crippen LogP contribution in [0.2, 0.25) is 0 Å². The summed E-state index contributed by atoms with van der Waals surface area (Å²) in [4.78, 5) is 29.1. The molecule has 8 rings (SSSR count). The normalized spacial score (nSPS) is 18.3. The number of amides is 1. The van der Waals surface area contributed by atoms with Crippen molar-refractivity contribution in [1.82, 2.24) is 4.57 Å². The lowest BCUT2D eigenvalue weighted by Crippen LogP contribution is -2.37. The van der Waals surface area contributed by atoms with Crippen LogP contribution in [0.15, 0.2) is 42.5 Å². The number of nitrogens with zero attached hydrogens (tertiary/aromatic N) is 3. The first-order chi connectivity index (χ1) is 22.5. The van der Waals surface area contributed by atoms with E-state index in [1.54, 1.807) is 0 Å². The van der Waals surface area contributed by atoms with Crippen LogP contribution < -0.4 is 19.3 Å². The third kappa shape index (κ3) is 5.96. The van der Waals surface area contributed by atoms with Crippen molar-refractivity contribution in [3.05, 3.63) is 58.5 Å². The number of aromatic carboxylic acids is 1. The number of carboxylic acids is 1. The van der Waals surface area contributed by atoms with Crippen LogP contribution in [0.1, 0.15) is 71.7 Å². The largest absolute Gasteiger partial charge is 0.491 e. The molecule has 2 aromatic heterocycles. The highest BCUT2D eigenvalue weighted by molar-refractivity contribution is 7.21. The molecule has 0 atom stereocenters. The van der Waals surface area contributed by atoms with Gasteiger partial charge in [0.2, 0.25) is 5.91 Å². The van der Waals surface area contributed by atoms with Gasteiger partial charge >= 0.3 is 5.97 Å². The number of aromatic nitrogens is 1. The molecule has 0 spiro atoms. The average molecular weight is 678 g/mol. The highest BCUT2D eigenvalue weighted by atomic mass is 35.5. The summed E-state index contributed by atoms with van der Waals surface area (Å²) in [7, 11) is 0. The summed E-state index contributed by atoms with van der Waals surface area (Å²) in [5.74, 6) is 1.23. The number of anilines is 2. The van der Waals surface area contributed by atoms with Gasteiger partial charge in [0.05, 0.1) is 35.7 Å². The first-order valence-electron chi connectivity index (χ1n) is 16.6. The topological polar surface area (TPSA) is 93.5 Å². The van der Waals surface area contributed by atoms with Gasteiger partial charge in [0.15, 0.2) is 0 Å². The van der Waals surface area contributed by atoms with E-state index in [4.69, 9.17) is 14.2 Å². The molecule has 4 aromatic rings. The summed E-state index contributed by atoms with van der Waals surface area (Å²) in [6.45, 7) is 5.26. The Balaban J connectivity index is 0.00000351. The minimum absolute atomic E-state index is 0. The molecule has 5 heterocycles. The van der Waals surface area contributed by atoms with Crippen molar-refractivity contribution in [3.8, 4) is 22.8 Å². The van der Waals surface area contributed by atoms with Crippen LogP contribution in [0, 0.1) is 0 Å². The van der Waals surface area contributed by atoms with E-state index < -0.39 is 5.97 Å². The molecular weight excluding hydrogens is 638 g/mol. The lowest BCUT2D eigenvalue weighted by Gasteiger charge is -2.31. The maximum Gasteiger partial charge on any atom is 0.345 e. The molecule has 0 bridgehead atoms. The Morgan fingerprint density at radius 3 is 2.55 bits per heavy atom. The maximum atomic E-state index is 12.5. The number of ether oxygens (including phenoxy) is 3. The second-order valence-corrected chi connectivity index (χ2v) is 13.8. The van der Waals surface area contributed by atoms with E-state index in [2.05, 4.69) is 33.7 Å². The number of benzene rings is 2. The van der Waals surface area contributed by atoms with Crippen LogP contribution in [0.4, 0.5) is 11.4 Å². The van der Waals surface area contributed by atoms with E-state index in [9.17, 15) is 14.7 Å². The van der Waals surface area contributed by atoms with Gasteiger partial charge in [0.1, 0.15) is 29.6 Å². The predicted molar refractivity (Wildman–Crippen MR) is 186 cm³/mol. The Kier molecular flexibility index (Phi) is 9.09. The minimum Gasteiger partial charge on any atom is -0.491 e. The van der Waals surface area contributed by atoms with Crippen molar-refractivity contribution < 1.29 is 28.9 Å². The maximum absolute atomic E-state index is 12.5. The molecule has 1 amide bonds. The molecule has 2 saturated heterocycles. The molecule has 1 aliphatic carbocycles. The summed E-state index contributed by atoms with van der Waals surface area (Å²) in [5.41, 5.74) is 7.57. The average Bonchev–Trinajstić information content (AvgIpc) is 3.76. The number of thiophene rings is 1. The number of carboxylic acid groups (broad SMARTS) is 1. The second-order valence-electron chi connectivity index (χ2n) is 12.7. The molecule has 11 heteroatoms. The van der Waals surface area contributed by atoms with Crippen molar-refractivity contribution >= 4 is 57.2 Å². The lowest BCUT2D eigenvalue weighted by atomic mass is 9.83. The molecule has 248 valence electrons. The summed E-state index contributed by atoms with van der Waals surface area (Å²) < 4.78 is 21.9. The van der Waals surface area contributed by atoms with Gasteiger partial charge in [0.25, 0.3) is 0 Å². The zero-order valence-corrected chi connectivity index (χ0v) is 28.0. The van der Waals surface area contributed by atoms with Crippen molar-refractivity contribution in [2.45, 2.75) is 64.0 Å². The van der Waals surface area contributed by atoms with E-state index >= 15 is 0 Å². The third-order valence-corrected chi connectivity index (χ3v) is 11.1. The molecule has 1 saturated carbocycles. The van der Waals surface area contributed by atoms with Crippen LogP contribution in [-0.4, -0.2) is 61.0 Å². The Morgan fingerprint density at radius 1 is 0.957 bits per heavy atom. The lowest BCUT2D eigenvalue weighted by molar-refractivity contribution is -0.117. The Morgan fingerprint density at radius 2 is 1.79 bits per heavy atom. The number of hydrogen-bond donors (Lipinski definition) is 1. The molecule has 4 aliphatic rings. The molecule has 2 aromatic carbocycles. The van der Waals surface area contributed by atoms with Crippen LogP contribution in [0.5, 0.6) is 11.5 Å². The molecular formula is C36H40ClN3O6S. The van der Waals surface area contributed by atoms with Gasteiger partial charge in [-0.3, -0.25) is 4.79 Å². The quantitative estimate of drug-likeness (QED) is 0.217. The predicted octanol–water partition coefficient (Wildman–Crippen LogP) is 7.47. The number of morpholine rings is 1. The SMILES string of the molecule is Cl.O=C(O)c1cc2c(s1)c(C1CCCCC1)c1n2CCOc2cc(OCc3cc(N4CCCC4=O)ccc3N3CCOCC3)ccc2-1. The zero-order chi connectivity index (χ0) is 31.2. The fraction of sp³-hybridized carbons (Fsp3) is 0.444. The van der Waals surface area contributed by atoms with Gasteiger partial charge < -0.3 is 33.7 Å². The second kappa shape index (κ2) is 13.4. The van der Waals surface area contributed by atoms with Gasteiger partial charge in [-0.15, -0.1) is 23.7 Å². The summed E-state index contributed by atoms with van der Waals surface area (Å²) in [5, 5.41) is 9.80. The molecule has 0 radical (unpaired) electrons. The number of hydrogen-bond acceptors (Lipinski definition) is 7. The highest BCUT2D eigenvalue weighted by Crippen LogP contribution is 2.49. The van der Waals surface area contributed by atoms with Gasteiger partial charge in [-0.25, -0.2) is 4.79 Å². The van der Waals surface area contributed by atoms with E-state index in [1.807, 2.05) is 23.1 Å². The van der Waals surface area contributed by atoms with Gasteiger partial charge in [-0.05, 0) is 67.1 Å². The number of carbonyl (C=O) groups is 2. The highest BCUT2D eigenvalue weighted by Gasteiger charge is 2.31. The molecule has 0 unspecified atom stereocenters. The van der Waals surface area contributed by atoms with E-state index in [0.717, 1.165) is 83.1 Å². The van der Waals surface area contributed by atoms with Gasteiger partial charge in [-0.2, -0.15) is 0 Å². The summed E-state index contributed by atoms with van der Waals surface area (Å²) in [6, 6.07) is 14.3. The van der Waals surface area contributed by atoms with Gasteiger partial charge in [-0.1, -0.05) is 19.3 Å². The Hall–Kier alpha value is -3.73. The van der Waals surface area contributed by atoms with Crippen LogP contribution in [0.3, 0.4) is 0 Å². The minimum atomic E-state index is -0.869. The van der Waals surface area contributed by atoms with E-state index in [-0.39, 0.29) is 18.3 Å². The number of rotatable bonds is 7. The fourth-order valence-electron chi connectivity index (χ4n) is 7.75. The Bertz CT molecular complexity index is 1810. The molecule has 3 aliphatic heterocycles. The van der Waals surface area contributed by atoms with Crippen molar-refractivity contribution in [2.24, 2.45) is 0 Å². The van der Waals surface area contributed by atoms with Crippen molar-refractivity contribution in [1.29, 1.82) is 0 Å². The first-order valence-corrected chi connectivity index (χ1v) is 17.4. The summed E-state index contributed by atoms with van der Waals surface area (Å²) >= 11 is 1.41. The van der Waals surface area contributed by atoms with Crippen LogP contribution >= 0.6 is 23.7 Å². The number of halogens is 1. The van der Waals surface area contributed by atoms with E-state index in [1.165, 1.54) is 41.9 Å². The van der Waals surface area contributed by atoms with Gasteiger partial charge in [0, 0.05) is 54.6 Å². The van der Waals surface area contributed by atoms with E-state index in [0.29, 0.717) is 50.2 Å². The number of carbonyl (C=O) groups excluding carboxylic acids is 1. The van der Waals surface area contributed by atoms with Crippen molar-refractivity contribution in [3.63, 3.8) is 0 Å². The molecule has 9 nitrogen and oxygen atoms in total. The molecule has 1 N–H and O–H groups in total.